The third-order valence-electron chi connectivity index (χ3n) is 4.91. The number of hydrogen-bond donors (Lipinski definition) is 2. The molecule has 8 nitrogen and oxygen atoms in total. The van der Waals surface area contributed by atoms with Gasteiger partial charge in [0.15, 0.2) is 11.5 Å². The number of carbonyl (C=O) groups is 2. The Hall–Kier alpha value is -3.98. The van der Waals surface area contributed by atoms with E-state index in [2.05, 4.69) is 10.6 Å². The molecule has 0 aliphatic carbocycles. The van der Waals surface area contributed by atoms with E-state index in [1.54, 1.807) is 55.7 Å². The minimum Gasteiger partial charge on any atom is -0.497 e. The zero-order valence-corrected chi connectivity index (χ0v) is 20.8. The molecule has 0 bridgehead atoms. The fourth-order valence-electron chi connectivity index (χ4n) is 3.08. The van der Waals surface area contributed by atoms with Crippen molar-refractivity contribution in [3.8, 4) is 23.0 Å². The number of benzene rings is 2. The molecule has 0 spiro atoms. The summed E-state index contributed by atoms with van der Waals surface area (Å²) < 4.78 is 21.4. The molecule has 0 aliphatic rings. The second-order valence-electron chi connectivity index (χ2n) is 7.46. The maximum absolute atomic E-state index is 13.1. The lowest BCUT2D eigenvalue weighted by Gasteiger charge is -2.17. The van der Waals surface area contributed by atoms with Crippen molar-refractivity contribution in [3.05, 3.63) is 76.1 Å². The monoisotopic (exact) mass is 496 g/mol. The summed E-state index contributed by atoms with van der Waals surface area (Å²) in [5.74, 6) is 1.42. The highest BCUT2D eigenvalue weighted by molar-refractivity contribution is 7.10. The van der Waals surface area contributed by atoms with Gasteiger partial charge in [0, 0.05) is 10.4 Å². The van der Waals surface area contributed by atoms with Gasteiger partial charge in [-0.2, -0.15) is 0 Å². The smallest absolute Gasteiger partial charge is 0.268 e. The van der Waals surface area contributed by atoms with Gasteiger partial charge in [-0.3, -0.25) is 9.59 Å². The van der Waals surface area contributed by atoms with E-state index >= 15 is 0 Å². The van der Waals surface area contributed by atoms with Crippen LogP contribution in [0.5, 0.6) is 23.0 Å². The van der Waals surface area contributed by atoms with Crippen LogP contribution in [0.3, 0.4) is 0 Å². The summed E-state index contributed by atoms with van der Waals surface area (Å²) in [6, 6.07) is 15.4. The van der Waals surface area contributed by atoms with Crippen molar-refractivity contribution in [3.63, 3.8) is 0 Å². The average molecular weight is 497 g/mol. The Morgan fingerprint density at radius 1 is 0.943 bits per heavy atom. The molecule has 0 unspecified atom stereocenters. The number of amides is 2. The van der Waals surface area contributed by atoms with Crippen molar-refractivity contribution in [1.29, 1.82) is 0 Å². The predicted molar refractivity (Wildman–Crippen MR) is 135 cm³/mol. The molecule has 2 N–H and O–H groups in total. The molecule has 1 atom stereocenters. The minimum absolute atomic E-state index is 0.114. The molecule has 0 saturated carbocycles. The second kappa shape index (κ2) is 12.5. The summed E-state index contributed by atoms with van der Waals surface area (Å²) in [5.41, 5.74) is 0.437. The number of thiophene rings is 1. The van der Waals surface area contributed by atoms with E-state index < -0.39 is 11.8 Å². The van der Waals surface area contributed by atoms with Gasteiger partial charge in [-0.05, 0) is 66.9 Å². The molecule has 2 amide bonds. The van der Waals surface area contributed by atoms with Gasteiger partial charge in [0.1, 0.15) is 23.8 Å². The van der Waals surface area contributed by atoms with Crippen LogP contribution in [-0.2, 0) is 4.79 Å². The Balaban J connectivity index is 1.69. The zero-order chi connectivity index (χ0) is 25.2. The first-order valence-electron chi connectivity index (χ1n) is 10.8. The Morgan fingerprint density at radius 2 is 1.66 bits per heavy atom. The second-order valence-corrected chi connectivity index (χ2v) is 8.44. The van der Waals surface area contributed by atoms with Crippen molar-refractivity contribution >= 4 is 29.2 Å². The predicted octanol–water partition coefficient (Wildman–Crippen LogP) is 4.13. The summed E-state index contributed by atoms with van der Waals surface area (Å²) in [7, 11) is 4.60. The van der Waals surface area contributed by atoms with Crippen LogP contribution in [0.25, 0.3) is 6.08 Å². The number of hydrogen-bond acceptors (Lipinski definition) is 7. The van der Waals surface area contributed by atoms with E-state index in [1.807, 2.05) is 24.4 Å². The van der Waals surface area contributed by atoms with Gasteiger partial charge >= 0.3 is 0 Å². The fraction of sp³-hybridized carbons (Fsp3) is 0.231. The van der Waals surface area contributed by atoms with Crippen molar-refractivity contribution < 1.29 is 28.5 Å². The first-order chi connectivity index (χ1) is 16.9. The normalized spacial score (nSPS) is 11.8. The number of nitrogens with one attached hydrogen (secondary N) is 2. The highest BCUT2D eigenvalue weighted by atomic mass is 32.1. The Bertz CT molecular complexity index is 1160. The summed E-state index contributed by atoms with van der Waals surface area (Å²) in [4.78, 5) is 26.8. The molecule has 9 heteroatoms. The van der Waals surface area contributed by atoms with Gasteiger partial charge in [-0.15, -0.1) is 11.3 Å². The van der Waals surface area contributed by atoms with Crippen molar-refractivity contribution in [1.82, 2.24) is 10.6 Å². The molecular weight excluding hydrogens is 468 g/mol. The summed E-state index contributed by atoms with van der Waals surface area (Å²) in [6.45, 7) is 2.06. The van der Waals surface area contributed by atoms with Gasteiger partial charge in [0.2, 0.25) is 0 Å². The van der Waals surface area contributed by atoms with Gasteiger partial charge in [-0.25, -0.2) is 0 Å². The molecule has 2 aromatic carbocycles. The zero-order valence-electron chi connectivity index (χ0n) is 20.0. The van der Waals surface area contributed by atoms with E-state index in [0.29, 0.717) is 22.8 Å². The number of rotatable bonds is 11. The topological polar surface area (TPSA) is 95.1 Å². The molecule has 35 heavy (non-hydrogen) atoms. The lowest BCUT2D eigenvalue weighted by Crippen LogP contribution is -2.41. The fourth-order valence-corrected chi connectivity index (χ4v) is 3.74. The molecule has 0 fully saturated rings. The third-order valence-corrected chi connectivity index (χ3v) is 5.72. The van der Waals surface area contributed by atoms with Gasteiger partial charge in [-0.1, -0.05) is 6.07 Å². The minimum atomic E-state index is -0.453. The van der Waals surface area contributed by atoms with Crippen LogP contribution in [0.2, 0.25) is 0 Å². The Morgan fingerprint density at radius 3 is 2.29 bits per heavy atom. The Kier molecular flexibility index (Phi) is 9.14. The molecule has 3 aromatic rings. The summed E-state index contributed by atoms with van der Waals surface area (Å²) in [5, 5.41) is 7.48. The van der Waals surface area contributed by atoms with Crippen LogP contribution >= 0.6 is 11.3 Å². The Labute approximate surface area is 208 Å². The summed E-state index contributed by atoms with van der Waals surface area (Å²) >= 11 is 1.45. The first kappa shape index (κ1) is 25.6. The van der Waals surface area contributed by atoms with Crippen LogP contribution in [0.15, 0.2) is 65.7 Å². The van der Waals surface area contributed by atoms with Gasteiger partial charge in [0.25, 0.3) is 11.8 Å². The highest BCUT2D eigenvalue weighted by Crippen LogP contribution is 2.27. The van der Waals surface area contributed by atoms with Gasteiger partial charge < -0.3 is 29.6 Å². The highest BCUT2D eigenvalue weighted by Gasteiger charge is 2.18. The number of methoxy groups -OCH3 is 3. The van der Waals surface area contributed by atoms with Crippen LogP contribution in [0.1, 0.15) is 22.2 Å². The van der Waals surface area contributed by atoms with Gasteiger partial charge in [0.05, 0.1) is 27.4 Å². The quantitative estimate of drug-likeness (QED) is 0.388. The van der Waals surface area contributed by atoms with E-state index in [4.69, 9.17) is 18.9 Å². The molecule has 1 heterocycles. The van der Waals surface area contributed by atoms with Crippen LogP contribution in [0.4, 0.5) is 0 Å². The largest absolute Gasteiger partial charge is 0.497 e. The molecule has 184 valence electrons. The van der Waals surface area contributed by atoms with E-state index in [9.17, 15) is 9.59 Å². The van der Waals surface area contributed by atoms with Crippen molar-refractivity contribution in [2.24, 2.45) is 0 Å². The summed E-state index contributed by atoms with van der Waals surface area (Å²) in [6.07, 6.45) is 1.63. The molecule has 3 rings (SSSR count). The van der Waals surface area contributed by atoms with E-state index in [0.717, 1.165) is 10.6 Å². The van der Waals surface area contributed by atoms with E-state index in [-0.39, 0.29) is 18.3 Å². The number of ether oxygens (including phenoxy) is 4. The maximum atomic E-state index is 13.1. The van der Waals surface area contributed by atoms with Crippen molar-refractivity contribution in [2.75, 3.05) is 27.9 Å². The molecule has 1 aromatic heterocycles. The molecule has 0 aliphatic heterocycles. The third kappa shape index (κ3) is 7.25. The van der Waals surface area contributed by atoms with Crippen LogP contribution < -0.4 is 29.6 Å². The van der Waals surface area contributed by atoms with Crippen LogP contribution in [0, 0.1) is 0 Å². The molecular formula is C26H28N2O6S. The van der Waals surface area contributed by atoms with E-state index in [1.165, 1.54) is 25.6 Å². The lowest BCUT2D eigenvalue weighted by atomic mass is 10.1. The standard InChI is InChI=1S/C26H28N2O6S/c1-17(16-34-20-10-8-19(31-2)9-11-20)27-26(30)22(15-21-6-5-13-35-21)28-25(29)18-7-12-23(32-3)24(14-18)33-4/h5-15,17H,16H2,1-4H3,(H,27,30)(H,28,29)/b22-15-/t17-/m1/s1. The average Bonchev–Trinajstić information content (AvgIpc) is 3.40. The van der Waals surface area contributed by atoms with Crippen LogP contribution in [-0.4, -0.2) is 45.8 Å². The molecule has 0 saturated heterocycles. The SMILES string of the molecule is COc1ccc(OC[C@@H](C)NC(=O)/C(=C/c2cccs2)NC(=O)c2ccc(OC)c(OC)c2)cc1. The number of carbonyl (C=O) groups excluding carboxylic acids is 2. The molecule has 0 radical (unpaired) electrons. The maximum Gasteiger partial charge on any atom is 0.268 e. The first-order valence-corrected chi connectivity index (χ1v) is 11.7. The van der Waals surface area contributed by atoms with Crippen molar-refractivity contribution in [2.45, 2.75) is 13.0 Å². The lowest BCUT2D eigenvalue weighted by molar-refractivity contribution is -0.118.